The van der Waals surface area contributed by atoms with E-state index in [-0.39, 0.29) is 16.7 Å². The molecule has 23 heavy (non-hydrogen) atoms. The first-order valence-corrected chi connectivity index (χ1v) is 9.00. The summed E-state index contributed by atoms with van der Waals surface area (Å²) < 4.78 is 0. The van der Waals surface area contributed by atoms with E-state index in [4.69, 9.17) is 0 Å². The molecule has 0 saturated heterocycles. The zero-order valence-corrected chi connectivity index (χ0v) is 15.0. The second kappa shape index (κ2) is 5.18. The van der Waals surface area contributed by atoms with Gasteiger partial charge in [0.15, 0.2) is 0 Å². The van der Waals surface area contributed by atoms with Gasteiger partial charge in [0.05, 0.1) is 12.2 Å². The van der Waals surface area contributed by atoms with Crippen LogP contribution in [0.3, 0.4) is 0 Å². The molecule has 1 saturated carbocycles. The number of allylic oxidation sites excluding steroid dienone is 1. The van der Waals surface area contributed by atoms with Gasteiger partial charge in [-0.05, 0) is 42.1 Å². The molecule has 0 aliphatic heterocycles. The molecule has 1 fully saturated rings. The molecule has 0 bridgehead atoms. The van der Waals surface area contributed by atoms with Crippen LogP contribution in [0.1, 0.15) is 59.8 Å². The van der Waals surface area contributed by atoms with E-state index < -0.39 is 23.7 Å². The van der Waals surface area contributed by atoms with Crippen LogP contribution >= 0.6 is 0 Å². The van der Waals surface area contributed by atoms with Crippen molar-refractivity contribution in [2.45, 2.75) is 78.1 Å². The minimum Gasteiger partial charge on any atom is -0.390 e. The van der Waals surface area contributed by atoms with E-state index in [1.165, 1.54) is 5.57 Å². The van der Waals surface area contributed by atoms with E-state index in [0.717, 1.165) is 32.1 Å². The average molecular weight is 320 g/mol. The van der Waals surface area contributed by atoms with Crippen LogP contribution in [0.5, 0.6) is 0 Å². The van der Waals surface area contributed by atoms with Crippen LogP contribution in [-0.2, 0) is 0 Å². The van der Waals surface area contributed by atoms with Crippen molar-refractivity contribution in [1.29, 1.82) is 0 Å². The lowest BCUT2D eigenvalue weighted by molar-refractivity contribution is -0.129. The zero-order valence-electron chi connectivity index (χ0n) is 15.0. The summed E-state index contributed by atoms with van der Waals surface area (Å²) in [5, 5.41) is 32.8. The molecule has 0 heterocycles. The third-order valence-electron chi connectivity index (χ3n) is 7.37. The Balaban J connectivity index is 2.17. The summed E-state index contributed by atoms with van der Waals surface area (Å²) in [5.41, 5.74) is 1.34. The fourth-order valence-corrected chi connectivity index (χ4v) is 5.99. The maximum Gasteiger partial charge on any atom is 0.104 e. The van der Waals surface area contributed by atoms with Crippen molar-refractivity contribution >= 4 is 0 Å². The van der Waals surface area contributed by atoms with Gasteiger partial charge in [0, 0.05) is 11.3 Å². The molecule has 6 atom stereocenters. The van der Waals surface area contributed by atoms with Gasteiger partial charge in [0.25, 0.3) is 0 Å². The monoisotopic (exact) mass is 320 g/mol. The zero-order chi connectivity index (χ0) is 17.2. The normalized spacial score (nSPS) is 49.3. The molecule has 0 amide bonds. The van der Waals surface area contributed by atoms with Crippen LogP contribution in [0.25, 0.3) is 0 Å². The van der Waals surface area contributed by atoms with Crippen molar-refractivity contribution in [2.75, 3.05) is 0 Å². The highest BCUT2D eigenvalue weighted by molar-refractivity contribution is 5.39. The molecular formula is C20H32O3. The molecular weight excluding hydrogens is 288 g/mol. The molecule has 0 radical (unpaired) electrons. The number of hydrogen-bond acceptors (Lipinski definition) is 3. The van der Waals surface area contributed by atoms with Gasteiger partial charge in [0.2, 0.25) is 0 Å². The Labute approximate surface area is 140 Å². The first-order chi connectivity index (χ1) is 10.6. The van der Waals surface area contributed by atoms with Crippen molar-refractivity contribution in [3.05, 3.63) is 23.8 Å². The SMILES string of the molecule is C=CC1(C)CCC2=C(C(O)C(O)C3C(C)(C)CCCC23C)C1O. The van der Waals surface area contributed by atoms with Gasteiger partial charge < -0.3 is 15.3 Å². The number of aliphatic hydroxyl groups excluding tert-OH is 3. The van der Waals surface area contributed by atoms with E-state index in [2.05, 4.69) is 27.4 Å². The number of rotatable bonds is 1. The maximum absolute atomic E-state index is 11.0. The molecule has 3 N–H and O–H groups in total. The molecule has 3 rings (SSSR count). The predicted octanol–water partition coefficient (Wildman–Crippen LogP) is 3.20. The number of fused-ring (bicyclic) bond motifs is 2. The Morgan fingerprint density at radius 3 is 2.30 bits per heavy atom. The largest absolute Gasteiger partial charge is 0.390 e. The highest BCUT2D eigenvalue weighted by Crippen LogP contribution is 2.62. The summed E-state index contributed by atoms with van der Waals surface area (Å²) in [6.07, 6.45) is 4.24. The summed E-state index contributed by atoms with van der Waals surface area (Å²) in [7, 11) is 0. The molecule has 3 heteroatoms. The average Bonchev–Trinajstić information content (AvgIpc) is 2.46. The lowest BCUT2D eigenvalue weighted by atomic mass is 9.46. The van der Waals surface area contributed by atoms with Crippen LogP contribution in [-0.4, -0.2) is 33.6 Å². The Morgan fingerprint density at radius 1 is 1.04 bits per heavy atom. The predicted molar refractivity (Wildman–Crippen MR) is 91.8 cm³/mol. The highest BCUT2D eigenvalue weighted by atomic mass is 16.3. The van der Waals surface area contributed by atoms with Crippen LogP contribution in [0.4, 0.5) is 0 Å². The summed E-state index contributed by atoms with van der Waals surface area (Å²) in [6, 6.07) is 0. The quantitative estimate of drug-likeness (QED) is 0.650. The van der Waals surface area contributed by atoms with Crippen LogP contribution in [0.15, 0.2) is 23.8 Å². The molecule has 3 aliphatic rings. The van der Waals surface area contributed by atoms with Crippen molar-refractivity contribution < 1.29 is 15.3 Å². The van der Waals surface area contributed by atoms with Crippen LogP contribution in [0.2, 0.25) is 0 Å². The fraction of sp³-hybridized carbons (Fsp3) is 0.800. The third kappa shape index (κ3) is 2.20. The minimum absolute atomic E-state index is 0.00390. The van der Waals surface area contributed by atoms with E-state index in [0.29, 0.717) is 5.57 Å². The van der Waals surface area contributed by atoms with Gasteiger partial charge >= 0.3 is 0 Å². The Bertz CT molecular complexity index is 549. The van der Waals surface area contributed by atoms with Gasteiger partial charge in [-0.1, -0.05) is 45.8 Å². The van der Waals surface area contributed by atoms with E-state index in [1.54, 1.807) is 6.08 Å². The molecule has 0 aromatic rings. The topological polar surface area (TPSA) is 60.7 Å². The van der Waals surface area contributed by atoms with E-state index >= 15 is 0 Å². The number of aliphatic hydroxyl groups is 3. The summed E-state index contributed by atoms with van der Waals surface area (Å²) in [5.74, 6) is 0.0396. The summed E-state index contributed by atoms with van der Waals surface area (Å²) in [4.78, 5) is 0. The lowest BCUT2D eigenvalue weighted by Gasteiger charge is -2.60. The second-order valence-electron chi connectivity index (χ2n) is 9.22. The molecule has 0 aromatic heterocycles. The first kappa shape index (κ1) is 17.2. The van der Waals surface area contributed by atoms with Crippen molar-refractivity contribution in [3.63, 3.8) is 0 Å². The molecule has 0 spiro atoms. The number of hydrogen-bond donors (Lipinski definition) is 3. The van der Waals surface area contributed by atoms with Crippen molar-refractivity contribution in [2.24, 2.45) is 22.2 Å². The minimum atomic E-state index is -0.963. The smallest absolute Gasteiger partial charge is 0.104 e. The van der Waals surface area contributed by atoms with Gasteiger partial charge in [-0.25, -0.2) is 0 Å². The third-order valence-corrected chi connectivity index (χ3v) is 7.37. The van der Waals surface area contributed by atoms with Crippen LogP contribution < -0.4 is 0 Å². The van der Waals surface area contributed by atoms with Gasteiger partial charge in [-0.2, -0.15) is 0 Å². The first-order valence-electron chi connectivity index (χ1n) is 9.00. The van der Waals surface area contributed by atoms with E-state index in [1.807, 2.05) is 6.92 Å². The van der Waals surface area contributed by atoms with Crippen molar-refractivity contribution in [3.8, 4) is 0 Å². The molecule has 0 aromatic carbocycles. The van der Waals surface area contributed by atoms with Gasteiger partial charge in [-0.3, -0.25) is 0 Å². The van der Waals surface area contributed by atoms with Crippen LogP contribution in [0, 0.1) is 22.2 Å². The lowest BCUT2D eigenvalue weighted by Crippen LogP contribution is -2.60. The Kier molecular flexibility index (Phi) is 3.87. The maximum atomic E-state index is 11.0. The summed E-state index contributed by atoms with van der Waals surface area (Å²) >= 11 is 0. The van der Waals surface area contributed by atoms with Crippen molar-refractivity contribution in [1.82, 2.24) is 0 Å². The Hall–Kier alpha value is -0.640. The highest BCUT2D eigenvalue weighted by Gasteiger charge is 2.59. The molecule has 3 nitrogen and oxygen atoms in total. The van der Waals surface area contributed by atoms with Gasteiger partial charge in [-0.15, -0.1) is 6.58 Å². The fourth-order valence-electron chi connectivity index (χ4n) is 5.99. The standard InChI is InChI=1S/C20H32O3/c1-6-19(4)11-8-12-13(17(19)23)14(21)15(22)16-18(2,3)9-7-10-20(12,16)5/h6,14-17,21-23H,1,7-11H2,2-5H3. The van der Waals surface area contributed by atoms with E-state index in [9.17, 15) is 15.3 Å². The molecule has 6 unspecified atom stereocenters. The Morgan fingerprint density at radius 2 is 1.70 bits per heavy atom. The van der Waals surface area contributed by atoms with Gasteiger partial charge in [0.1, 0.15) is 6.10 Å². The molecule has 3 aliphatic carbocycles. The molecule has 130 valence electrons. The second-order valence-corrected chi connectivity index (χ2v) is 9.22. The summed E-state index contributed by atoms with van der Waals surface area (Å²) in [6.45, 7) is 12.5.